The van der Waals surface area contributed by atoms with Crippen LogP contribution >= 0.6 is 15.9 Å². The second-order valence-electron chi connectivity index (χ2n) is 3.48. The molecule has 1 aliphatic heterocycles. The minimum absolute atomic E-state index is 0.0410. The summed E-state index contributed by atoms with van der Waals surface area (Å²) in [6.45, 7) is 1.48. The highest BCUT2D eigenvalue weighted by Crippen LogP contribution is 2.18. The molecule has 0 aliphatic carbocycles. The molecule has 0 atom stereocenters. The van der Waals surface area contributed by atoms with Crippen molar-refractivity contribution in [2.24, 2.45) is 7.05 Å². The van der Waals surface area contributed by atoms with Gasteiger partial charge in [0.2, 0.25) is 0 Å². The fourth-order valence-corrected chi connectivity index (χ4v) is 1.93. The molecule has 1 aromatic rings. The number of carbonyl (C=O) groups is 1. The first-order valence-corrected chi connectivity index (χ1v) is 5.61. The zero-order chi connectivity index (χ0) is 10.8. The monoisotopic (exact) mass is 269 g/mol. The fraction of sp³-hybridized carbons (Fsp3) is 0.400. The molecule has 0 N–H and O–H groups in total. The first kappa shape index (κ1) is 10.4. The number of hydrogen-bond acceptors (Lipinski definition) is 2. The number of aromatic nitrogens is 2. The quantitative estimate of drug-likeness (QED) is 0.727. The number of halogens is 1. The molecule has 0 saturated carbocycles. The predicted octanol–water partition coefficient (Wildman–Crippen LogP) is 1.58. The molecule has 1 aliphatic rings. The van der Waals surface area contributed by atoms with E-state index in [-0.39, 0.29) is 5.91 Å². The molecule has 0 aromatic carbocycles. The summed E-state index contributed by atoms with van der Waals surface area (Å²) in [4.78, 5) is 13.9. The third-order valence-corrected chi connectivity index (χ3v) is 3.38. The molecule has 4 nitrogen and oxygen atoms in total. The molecule has 2 rings (SSSR count). The largest absolute Gasteiger partial charge is 0.334 e. The highest BCUT2D eigenvalue weighted by Gasteiger charge is 2.20. The number of nitrogens with zero attached hydrogens (tertiary/aromatic N) is 3. The van der Waals surface area contributed by atoms with Crippen LogP contribution in [0.15, 0.2) is 23.0 Å². The summed E-state index contributed by atoms with van der Waals surface area (Å²) in [6, 6.07) is 0. The molecule has 0 radical (unpaired) electrons. The van der Waals surface area contributed by atoms with Gasteiger partial charge in [-0.2, -0.15) is 5.10 Å². The molecule has 15 heavy (non-hydrogen) atoms. The zero-order valence-corrected chi connectivity index (χ0v) is 10.1. The topological polar surface area (TPSA) is 38.1 Å². The minimum atomic E-state index is 0.0410. The molecule has 1 aromatic heterocycles. The summed E-state index contributed by atoms with van der Waals surface area (Å²) < 4.78 is 2.38. The molecule has 5 heteroatoms. The number of hydrogen-bond donors (Lipinski definition) is 0. The second-order valence-corrected chi connectivity index (χ2v) is 4.24. The van der Waals surface area contributed by atoms with Crippen molar-refractivity contribution in [3.05, 3.63) is 28.5 Å². The molecule has 0 saturated heterocycles. The van der Waals surface area contributed by atoms with Crippen molar-refractivity contribution in [1.29, 1.82) is 0 Å². The van der Waals surface area contributed by atoms with E-state index in [4.69, 9.17) is 0 Å². The third-order valence-electron chi connectivity index (χ3n) is 2.44. The van der Waals surface area contributed by atoms with Gasteiger partial charge in [0, 0.05) is 20.1 Å². The van der Waals surface area contributed by atoms with Crippen molar-refractivity contribution in [1.82, 2.24) is 14.7 Å². The maximum absolute atomic E-state index is 12.0. The SMILES string of the molecule is Cn1ncc(C(=O)N2CC=CCC2)c1Br. The Kier molecular flexibility index (Phi) is 2.90. The lowest BCUT2D eigenvalue weighted by Crippen LogP contribution is -2.33. The van der Waals surface area contributed by atoms with Crippen LogP contribution in [0.1, 0.15) is 16.8 Å². The van der Waals surface area contributed by atoms with E-state index < -0.39 is 0 Å². The van der Waals surface area contributed by atoms with Gasteiger partial charge in [-0.1, -0.05) is 12.2 Å². The predicted molar refractivity (Wildman–Crippen MR) is 60.6 cm³/mol. The highest BCUT2D eigenvalue weighted by molar-refractivity contribution is 9.10. The summed E-state index contributed by atoms with van der Waals surface area (Å²) in [5.41, 5.74) is 0.632. The Morgan fingerprint density at radius 1 is 1.53 bits per heavy atom. The van der Waals surface area contributed by atoms with Crippen molar-refractivity contribution >= 4 is 21.8 Å². The van der Waals surface area contributed by atoms with Crippen LogP contribution in [0, 0.1) is 0 Å². The summed E-state index contributed by atoms with van der Waals surface area (Å²) in [5, 5.41) is 4.04. The molecule has 2 heterocycles. The van der Waals surface area contributed by atoms with Gasteiger partial charge in [0.05, 0.1) is 11.8 Å². The van der Waals surface area contributed by atoms with Crippen molar-refractivity contribution in [3.8, 4) is 0 Å². The zero-order valence-electron chi connectivity index (χ0n) is 8.48. The normalized spacial score (nSPS) is 15.7. The standard InChI is InChI=1S/C10H12BrN3O/c1-13-9(11)8(7-12-13)10(15)14-5-3-2-4-6-14/h2-3,7H,4-6H2,1H3. The Balaban J connectivity index is 2.20. The van der Waals surface area contributed by atoms with Crippen LogP contribution in [0.4, 0.5) is 0 Å². The van der Waals surface area contributed by atoms with Crippen LogP contribution in [-0.4, -0.2) is 33.7 Å². The molecular formula is C10H12BrN3O. The number of rotatable bonds is 1. The first-order chi connectivity index (χ1) is 7.20. The first-order valence-electron chi connectivity index (χ1n) is 4.82. The van der Waals surface area contributed by atoms with Gasteiger partial charge in [-0.15, -0.1) is 0 Å². The minimum Gasteiger partial charge on any atom is -0.334 e. The van der Waals surface area contributed by atoms with Gasteiger partial charge in [0.15, 0.2) is 0 Å². The molecular weight excluding hydrogens is 258 g/mol. The summed E-state index contributed by atoms with van der Waals surface area (Å²) in [7, 11) is 1.80. The van der Waals surface area contributed by atoms with E-state index in [1.165, 1.54) is 0 Å². The Labute approximate surface area is 96.7 Å². The molecule has 80 valence electrons. The highest BCUT2D eigenvalue weighted by atomic mass is 79.9. The van der Waals surface area contributed by atoms with Gasteiger partial charge in [-0.25, -0.2) is 0 Å². The summed E-state index contributed by atoms with van der Waals surface area (Å²) >= 11 is 3.35. The van der Waals surface area contributed by atoms with Gasteiger partial charge in [0.25, 0.3) is 5.91 Å². The number of aryl methyl sites for hydroxylation is 1. The molecule has 1 amide bonds. The summed E-state index contributed by atoms with van der Waals surface area (Å²) in [6.07, 6.45) is 6.65. The van der Waals surface area contributed by atoms with Gasteiger partial charge in [0.1, 0.15) is 4.60 Å². The van der Waals surface area contributed by atoms with Crippen LogP contribution in [0.3, 0.4) is 0 Å². The van der Waals surface area contributed by atoms with E-state index in [9.17, 15) is 4.79 Å². The van der Waals surface area contributed by atoms with E-state index in [0.29, 0.717) is 12.1 Å². The van der Waals surface area contributed by atoms with Crippen LogP contribution in [0.25, 0.3) is 0 Å². The van der Waals surface area contributed by atoms with E-state index in [0.717, 1.165) is 17.6 Å². The number of amides is 1. The molecule has 0 fully saturated rings. The number of carbonyl (C=O) groups excluding carboxylic acids is 1. The lowest BCUT2D eigenvalue weighted by atomic mass is 10.2. The lowest BCUT2D eigenvalue weighted by Gasteiger charge is -2.22. The van der Waals surface area contributed by atoms with Crippen LogP contribution in [0.2, 0.25) is 0 Å². The van der Waals surface area contributed by atoms with E-state index in [1.807, 2.05) is 11.0 Å². The fourth-order valence-electron chi connectivity index (χ4n) is 1.56. The second kappa shape index (κ2) is 4.18. The van der Waals surface area contributed by atoms with Gasteiger partial charge < -0.3 is 4.90 Å². The summed E-state index contributed by atoms with van der Waals surface area (Å²) in [5.74, 6) is 0.0410. The molecule has 0 spiro atoms. The average molecular weight is 270 g/mol. The Hall–Kier alpha value is -1.10. The van der Waals surface area contributed by atoms with Gasteiger partial charge in [-0.3, -0.25) is 9.48 Å². The molecule has 0 unspecified atom stereocenters. The van der Waals surface area contributed by atoms with Gasteiger partial charge in [-0.05, 0) is 22.4 Å². The van der Waals surface area contributed by atoms with Crippen molar-refractivity contribution < 1.29 is 4.79 Å². The van der Waals surface area contributed by atoms with Crippen LogP contribution in [0.5, 0.6) is 0 Å². The Morgan fingerprint density at radius 3 is 2.87 bits per heavy atom. The maximum Gasteiger partial charge on any atom is 0.258 e. The lowest BCUT2D eigenvalue weighted by molar-refractivity contribution is 0.0770. The van der Waals surface area contributed by atoms with E-state index >= 15 is 0 Å². The Morgan fingerprint density at radius 2 is 2.33 bits per heavy atom. The smallest absolute Gasteiger partial charge is 0.258 e. The van der Waals surface area contributed by atoms with E-state index in [1.54, 1.807) is 17.9 Å². The van der Waals surface area contributed by atoms with E-state index in [2.05, 4.69) is 27.1 Å². The van der Waals surface area contributed by atoms with Gasteiger partial charge >= 0.3 is 0 Å². The Bertz CT molecular complexity index is 411. The van der Waals surface area contributed by atoms with Crippen molar-refractivity contribution in [2.75, 3.05) is 13.1 Å². The molecule has 0 bridgehead atoms. The van der Waals surface area contributed by atoms with Crippen LogP contribution in [-0.2, 0) is 7.05 Å². The third kappa shape index (κ3) is 1.97. The average Bonchev–Trinajstić information content (AvgIpc) is 2.60. The van der Waals surface area contributed by atoms with Crippen molar-refractivity contribution in [2.45, 2.75) is 6.42 Å². The van der Waals surface area contributed by atoms with Crippen LogP contribution < -0.4 is 0 Å². The van der Waals surface area contributed by atoms with Crippen molar-refractivity contribution in [3.63, 3.8) is 0 Å². The maximum atomic E-state index is 12.0.